The van der Waals surface area contributed by atoms with Crippen molar-refractivity contribution in [1.82, 2.24) is 9.38 Å². The van der Waals surface area contributed by atoms with Gasteiger partial charge >= 0.3 is 0 Å². The zero-order valence-corrected chi connectivity index (χ0v) is 14.7. The maximum Gasteiger partial charge on any atom is 0.221 e. The largest absolute Gasteiger partial charge is 0.326 e. The maximum absolute atomic E-state index is 11.2. The molecule has 0 aliphatic rings. The standard InChI is InChI=1S/C21H17N5O/c1-15(27)22-17-10-7-11-18(14-17)24-25-21-20(16-8-3-2-4-9-16)23-19-12-5-6-13-26(19)21/h2-14H,1H3,(H,22,27). The quantitative estimate of drug-likeness (QED) is 0.500. The van der Waals surface area contributed by atoms with Crippen molar-refractivity contribution in [2.45, 2.75) is 6.92 Å². The van der Waals surface area contributed by atoms with E-state index in [4.69, 9.17) is 4.98 Å². The van der Waals surface area contributed by atoms with Crippen molar-refractivity contribution in [3.63, 3.8) is 0 Å². The number of aromatic nitrogens is 2. The van der Waals surface area contributed by atoms with Crippen molar-refractivity contribution in [1.29, 1.82) is 0 Å². The Morgan fingerprint density at radius 1 is 0.963 bits per heavy atom. The lowest BCUT2D eigenvalue weighted by Crippen LogP contribution is -2.04. The Bertz CT molecular complexity index is 1130. The Hall–Kier alpha value is -3.80. The fraction of sp³-hybridized carbons (Fsp3) is 0.0476. The highest BCUT2D eigenvalue weighted by atomic mass is 16.1. The first kappa shape index (κ1) is 16.7. The van der Waals surface area contributed by atoms with Crippen LogP contribution in [-0.2, 0) is 4.79 Å². The molecule has 4 aromatic rings. The van der Waals surface area contributed by atoms with Gasteiger partial charge in [-0.1, -0.05) is 42.5 Å². The number of azo groups is 1. The van der Waals surface area contributed by atoms with Crippen LogP contribution in [0.25, 0.3) is 16.9 Å². The summed E-state index contributed by atoms with van der Waals surface area (Å²) in [7, 11) is 0. The second kappa shape index (κ2) is 7.21. The number of fused-ring (bicyclic) bond motifs is 1. The van der Waals surface area contributed by atoms with E-state index >= 15 is 0 Å². The third-order valence-corrected chi connectivity index (χ3v) is 3.98. The molecule has 0 saturated carbocycles. The van der Waals surface area contributed by atoms with Gasteiger partial charge in [-0.05, 0) is 30.3 Å². The number of carbonyl (C=O) groups excluding carboxylic acids is 1. The molecule has 0 spiro atoms. The summed E-state index contributed by atoms with van der Waals surface area (Å²) in [5.41, 5.74) is 3.87. The Kier molecular flexibility index (Phi) is 4.45. The smallest absolute Gasteiger partial charge is 0.221 e. The summed E-state index contributed by atoms with van der Waals surface area (Å²) in [6.07, 6.45) is 1.91. The number of nitrogens with zero attached hydrogens (tertiary/aromatic N) is 4. The molecular formula is C21H17N5O. The summed E-state index contributed by atoms with van der Waals surface area (Å²) in [6.45, 7) is 1.47. The molecule has 0 unspecified atom stereocenters. The molecule has 2 aromatic carbocycles. The van der Waals surface area contributed by atoms with E-state index in [9.17, 15) is 4.79 Å². The van der Waals surface area contributed by atoms with Crippen LogP contribution in [0.2, 0.25) is 0 Å². The van der Waals surface area contributed by atoms with Crippen LogP contribution in [0.5, 0.6) is 0 Å². The minimum Gasteiger partial charge on any atom is -0.326 e. The number of hydrogen-bond acceptors (Lipinski definition) is 4. The molecule has 27 heavy (non-hydrogen) atoms. The van der Waals surface area contributed by atoms with E-state index in [0.29, 0.717) is 17.2 Å². The highest BCUT2D eigenvalue weighted by molar-refractivity contribution is 5.89. The topological polar surface area (TPSA) is 71.1 Å². The number of rotatable bonds is 4. The Balaban J connectivity index is 1.77. The molecule has 2 heterocycles. The summed E-state index contributed by atoms with van der Waals surface area (Å²) >= 11 is 0. The van der Waals surface area contributed by atoms with Crippen LogP contribution in [0.4, 0.5) is 17.2 Å². The van der Waals surface area contributed by atoms with Gasteiger partial charge in [0.25, 0.3) is 0 Å². The van der Waals surface area contributed by atoms with E-state index in [0.717, 1.165) is 16.9 Å². The van der Waals surface area contributed by atoms with Gasteiger partial charge in [-0.3, -0.25) is 9.20 Å². The van der Waals surface area contributed by atoms with Crippen molar-refractivity contribution in [3.05, 3.63) is 79.0 Å². The number of pyridine rings is 1. The molecule has 0 fully saturated rings. The lowest BCUT2D eigenvalue weighted by atomic mass is 10.1. The monoisotopic (exact) mass is 355 g/mol. The van der Waals surface area contributed by atoms with Gasteiger partial charge in [0, 0.05) is 24.4 Å². The zero-order valence-electron chi connectivity index (χ0n) is 14.7. The van der Waals surface area contributed by atoms with Gasteiger partial charge < -0.3 is 5.32 Å². The highest BCUT2D eigenvalue weighted by Gasteiger charge is 2.13. The van der Waals surface area contributed by atoms with E-state index in [1.54, 1.807) is 6.07 Å². The van der Waals surface area contributed by atoms with E-state index in [1.165, 1.54) is 6.92 Å². The molecule has 4 rings (SSSR count). The minimum atomic E-state index is -0.128. The van der Waals surface area contributed by atoms with Gasteiger partial charge in [0.1, 0.15) is 11.3 Å². The number of hydrogen-bond donors (Lipinski definition) is 1. The lowest BCUT2D eigenvalue weighted by Gasteiger charge is -2.02. The number of imidazole rings is 1. The first-order chi connectivity index (χ1) is 13.2. The molecule has 2 aromatic heterocycles. The molecule has 0 atom stereocenters. The van der Waals surface area contributed by atoms with E-state index in [2.05, 4.69) is 15.5 Å². The Labute approximate surface area is 156 Å². The number of nitrogens with one attached hydrogen (secondary N) is 1. The predicted molar refractivity (Wildman–Crippen MR) is 106 cm³/mol. The third kappa shape index (κ3) is 3.59. The molecule has 6 nitrogen and oxygen atoms in total. The van der Waals surface area contributed by atoms with E-state index in [-0.39, 0.29) is 5.91 Å². The highest BCUT2D eigenvalue weighted by Crippen LogP contribution is 2.32. The van der Waals surface area contributed by atoms with E-state index < -0.39 is 0 Å². The molecule has 0 saturated heterocycles. The van der Waals surface area contributed by atoms with Crippen LogP contribution >= 0.6 is 0 Å². The Morgan fingerprint density at radius 2 is 1.78 bits per heavy atom. The molecule has 1 N–H and O–H groups in total. The second-order valence-electron chi connectivity index (χ2n) is 6.01. The van der Waals surface area contributed by atoms with Crippen molar-refractivity contribution in [2.75, 3.05) is 5.32 Å². The van der Waals surface area contributed by atoms with Crippen LogP contribution < -0.4 is 5.32 Å². The molecular weight excluding hydrogens is 338 g/mol. The first-order valence-electron chi connectivity index (χ1n) is 8.52. The predicted octanol–water partition coefficient (Wildman–Crippen LogP) is 5.38. The first-order valence-corrected chi connectivity index (χ1v) is 8.52. The van der Waals surface area contributed by atoms with Crippen LogP contribution in [0.15, 0.2) is 89.2 Å². The zero-order chi connectivity index (χ0) is 18.6. The van der Waals surface area contributed by atoms with Gasteiger partial charge in [0.15, 0.2) is 5.82 Å². The molecule has 0 radical (unpaired) electrons. The molecule has 132 valence electrons. The van der Waals surface area contributed by atoms with Gasteiger partial charge in [0.2, 0.25) is 5.91 Å². The normalized spacial score (nSPS) is 11.1. The van der Waals surface area contributed by atoms with Crippen molar-refractivity contribution in [2.24, 2.45) is 10.2 Å². The number of amides is 1. The Morgan fingerprint density at radius 3 is 2.59 bits per heavy atom. The summed E-state index contributed by atoms with van der Waals surface area (Å²) < 4.78 is 1.91. The van der Waals surface area contributed by atoms with Gasteiger partial charge in [-0.2, -0.15) is 0 Å². The SMILES string of the molecule is CC(=O)Nc1cccc(N=Nc2c(-c3ccccc3)nc3ccccn23)c1. The summed E-state index contributed by atoms with van der Waals surface area (Å²) in [5, 5.41) is 11.6. The molecule has 6 heteroatoms. The third-order valence-electron chi connectivity index (χ3n) is 3.98. The van der Waals surface area contributed by atoms with Crippen LogP contribution in [0.1, 0.15) is 6.92 Å². The van der Waals surface area contributed by atoms with Gasteiger partial charge in [0.05, 0.1) is 5.69 Å². The van der Waals surface area contributed by atoms with Crippen LogP contribution in [0, 0.1) is 0 Å². The maximum atomic E-state index is 11.2. The van der Waals surface area contributed by atoms with Crippen LogP contribution in [0.3, 0.4) is 0 Å². The summed E-state index contributed by atoms with van der Waals surface area (Å²) in [6, 6.07) is 22.9. The van der Waals surface area contributed by atoms with Crippen molar-refractivity contribution >= 4 is 28.7 Å². The molecule has 1 amide bonds. The molecule has 0 aliphatic heterocycles. The second-order valence-corrected chi connectivity index (χ2v) is 6.01. The number of carbonyl (C=O) groups is 1. The molecule has 0 bridgehead atoms. The van der Waals surface area contributed by atoms with Crippen molar-refractivity contribution < 1.29 is 4.79 Å². The average molecular weight is 355 g/mol. The molecule has 0 aliphatic carbocycles. The fourth-order valence-electron chi connectivity index (χ4n) is 2.82. The number of anilines is 1. The summed E-state index contributed by atoms with van der Waals surface area (Å²) in [5.74, 6) is 0.527. The minimum absolute atomic E-state index is 0.128. The van der Waals surface area contributed by atoms with Gasteiger partial charge in [-0.25, -0.2) is 4.98 Å². The van der Waals surface area contributed by atoms with E-state index in [1.807, 2.05) is 77.3 Å². The van der Waals surface area contributed by atoms with Gasteiger partial charge in [-0.15, -0.1) is 10.2 Å². The lowest BCUT2D eigenvalue weighted by molar-refractivity contribution is -0.114. The summed E-state index contributed by atoms with van der Waals surface area (Å²) in [4.78, 5) is 15.9. The van der Waals surface area contributed by atoms with Crippen molar-refractivity contribution in [3.8, 4) is 11.3 Å². The van der Waals surface area contributed by atoms with Crippen LogP contribution in [-0.4, -0.2) is 15.3 Å². The number of benzene rings is 2. The average Bonchev–Trinajstić information content (AvgIpc) is 3.05. The fourth-order valence-corrected chi connectivity index (χ4v) is 2.82.